The Balaban J connectivity index is 2.79. The van der Waals surface area contributed by atoms with E-state index >= 15 is 0 Å². The second-order valence-corrected chi connectivity index (χ2v) is 7.39. The van der Waals surface area contributed by atoms with Gasteiger partial charge in [-0.2, -0.15) is 17.0 Å². The summed E-state index contributed by atoms with van der Waals surface area (Å²) >= 11 is 1.57. The van der Waals surface area contributed by atoms with Crippen LogP contribution in [-0.2, 0) is 14.9 Å². The van der Waals surface area contributed by atoms with Crippen LogP contribution < -0.4 is 5.32 Å². The van der Waals surface area contributed by atoms with E-state index in [4.69, 9.17) is 10.00 Å². The number of rotatable bonds is 7. The van der Waals surface area contributed by atoms with Gasteiger partial charge in [0.05, 0.1) is 0 Å². The van der Waals surface area contributed by atoms with Crippen LogP contribution in [0, 0.1) is 11.3 Å². The molecule has 1 aromatic rings. The number of hydrogen-bond acceptors (Lipinski definition) is 5. The lowest BCUT2D eigenvalue weighted by Gasteiger charge is -2.20. The van der Waals surface area contributed by atoms with E-state index in [2.05, 4.69) is 26.1 Å². The van der Waals surface area contributed by atoms with Gasteiger partial charge in [0, 0.05) is 5.56 Å². The molecule has 0 aromatic heterocycles. The Kier molecular flexibility index (Phi) is 7.80. The van der Waals surface area contributed by atoms with E-state index in [1.165, 1.54) is 0 Å². The van der Waals surface area contributed by atoms with Crippen molar-refractivity contribution in [3.8, 4) is 6.07 Å². The molecule has 0 radical (unpaired) electrons. The summed E-state index contributed by atoms with van der Waals surface area (Å²) < 4.78 is 4.83. The van der Waals surface area contributed by atoms with Crippen LogP contribution in [0.4, 0.5) is 0 Å². The maximum absolute atomic E-state index is 12.4. The zero-order valence-electron chi connectivity index (χ0n) is 14.6. The molecule has 0 fully saturated rings. The summed E-state index contributed by atoms with van der Waals surface area (Å²) in [5.74, 6) is -0.198. The van der Waals surface area contributed by atoms with Gasteiger partial charge in [-0.25, -0.2) is 4.79 Å². The highest BCUT2D eigenvalue weighted by Crippen LogP contribution is 2.22. The van der Waals surface area contributed by atoms with Crippen LogP contribution in [0.2, 0.25) is 0 Å². The Morgan fingerprint density at radius 1 is 1.29 bits per heavy atom. The third-order valence-corrected chi connectivity index (χ3v) is 4.14. The molecule has 1 aromatic carbocycles. The van der Waals surface area contributed by atoms with Gasteiger partial charge >= 0.3 is 5.97 Å². The number of nitriles is 1. The molecule has 0 heterocycles. The normalized spacial score (nSPS) is 12.1. The van der Waals surface area contributed by atoms with E-state index in [0.717, 1.165) is 5.56 Å². The molecule has 24 heavy (non-hydrogen) atoms. The van der Waals surface area contributed by atoms with Gasteiger partial charge in [0.15, 0.2) is 6.61 Å². The van der Waals surface area contributed by atoms with Gasteiger partial charge in [-0.15, -0.1) is 0 Å². The molecular weight excluding hydrogens is 324 g/mol. The number of nitrogens with one attached hydrogen (secondary N) is 1. The first-order chi connectivity index (χ1) is 11.3. The number of thioether (sulfide) groups is 1. The predicted octanol–water partition coefficient (Wildman–Crippen LogP) is 2.90. The van der Waals surface area contributed by atoms with Crippen molar-refractivity contribution < 1.29 is 14.3 Å². The first-order valence-corrected chi connectivity index (χ1v) is 9.13. The van der Waals surface area contributed by atoms with Crippen LogP contribution in [0.15, 0.2) is 24.3 Å². The Bertz CT molecular complexity index is 600. The zero-order valence-corrected chi connectivity index (χ0v) is 15.4. The van der Waals surface area contributed by atoms with Crippen LogP contribution in [0.25, 0.3) is 0 Å². The van der Waals surface area contributed by atoms with Crippen molar-refractivity contribution in [2.24, 2.45) is 0 Å². The highest BCUT2D eigenvalue weighted by molar-refractivity contribution is 7.98. The molecule has 0 unspecified atom stereocenters. The van der Waals surface area contributed by atoms with Crippen molar-refractivity contribution in [3.63, 3.8) is 0 Å². The lowest BCUT2D eigenvalue weighted by atomic mass is 9.86. The topological polar surface area (TPSA) is 79.2 Å². The third-order valence-electron chi connectivity index (χ3n) is 3.49. The minimum absolute atomic E-state index is 0.0109. The predicted molar refractivity (Wildman–Crippen MR) is 96.0 cm³/mol. The fourth-order valence-corrected chi connectivity index (χ4v) is 2.52. The van der Waals surface area contributed by atoms with E-state index in [1.807, 2.05) is 18.4 Å². The van der Waals surface area contributed by atoms with Gasteiger partial charge in [0.2, 0.25) is 0 Å². The van der Waals surface area contributed by atoms with Gasteiger partial charge in [0.25, 0.3) is 5.91 Å². The number of carbonyl (C=O) groups is 2. The summed E-state index contributed by atoms with van der Waals surface area (Å²) in [7, 11) is 0. The first-order valence-electron chi connectivity index (χ1n) is 7.73. The standard InChI is InChI=1S/C18H24N2O3S/c1-18(2,3)14-7-5-13(6-8-14)16(21)20-15(9-12-24-4)17(22)23-11-10-19/h5-8,15H,9,11-12H2,1-4H3,(H,20,21)/t15-/m0/s1. The summed E-state index contributed by atoms with van der Waals surface area (Å²) in [6.45, 7) is 5.99. The Labute approximate surface area is 147 Å². The molecule has 1 N–H and O–H groups in total. The fraction of sp³-hybridized carbons (Fsp3) is 0.500. The fourth-order valence-electron chi connectivity index (χ4n) is 2.05. The van der Waals surface area contributed by atoms with Crippen molar-refractivity contribution >= 4 is 23.6 Å². The number of carbonyl (C=O) groups excluding carboxylic acids is 2. The lowest BCUT2D eigenvalue weighted by Crippen LogP contribution is -2.42. The SMILES string of the molecule is CSCC[C@H](NC(=O)c1ccc(C(C)(C)C)cc1)C(=O)OCC#N. The quantitative estimate of drug-likeness (QED) is 0.767. The maximum atomic E-state index is 12.4. The van der Waals surface area contributed by atoms with Crippen molar-refractivity contribution in [1.29, 1.82) is 5.26 Å². The number of hydrogen-bond donors (Lipinski definition) is 1. The molecule has 0 bridgehead atoms. The number of nitrogens with zero attached hydrogens (tertiary/aromatic N) is 1. The number of amides is 1. The highest BCUT2D eigenvalue weighted by Gasteiger charge is 2.23. The second-order valence-electron chi connectivity index (χ2n) is 6.40. The van der Waals surface area contributed by atoms with E-state index in [-0.39, 0.29) is 17.9 Å². The van der Waals surface area contributed by atoms with Crippen LogP contribution >= 0.6 is 11.8 Å². The van der Waals surface area contributed by atoms with Crippen LogP contribution in [0.5, 0.6) is 0 Å². The van der Waals surface area contributed by atoms with E-state index in [0.29, 0.717) is 17.7 Å². The smallest absolute Gasteiger partial charge is 0.329 e. The molecule has 1 atom stereocenters. The first kappa shape index (κ1) is 20.0. The van der Waals surface area contributed by atoms with Crippen molar-refractivity contribution in [1.82, 2.24) is 5.32 Å². The lowest BCUT2D eigenvalue weighted by molar-refractivity contribution is -0.144. The van der Waals surface area contributed by atoms with Gasteiger partial charge in [0.1, 0.15) is 12.1 Å². The number of benzene rings is 1. The van der Waals surface area contributed by atoms with Gasteiger partial charge in [-0.05, 0) is 41.5 Å². The molecule has 0 saturated carbocycles. The Morgan fingerprint density at radius 3 is 2.42 bits per heavy atom. The minimum Gasteiger partial charge on any atom is -0.449 e. The molecule has 0 saturated heterocycles. The molecule has 0 spiro atoms. The largest absolute Gasteiger partial charge is 0.449 e. The van der Waals surface area contributed by atoms with Gasteiger partial charge in [-0.3, -0.25) is 4.79 Å². The molecule has 1 amide bonds. The third kappa shape index (κ3) is 6.25. The second kappa shape index (κ2) is 9.33. The van der Waals surface area contributed by atoms with Crippen LogP contribution in [-0.4, -0.2) is 36.5 Å². The monoisotopic (exact) mass is 348 g/mol. The highest BCUT2D eigenvalue weighted by atomic mass is 32.2. The summed E-state index contributed by atoms with van der Waals surface area (Å²) in [5.41, 5.74) is 1.63. The van der Waals surface area contributed by atoms with E-state index < -0.39 is 12.0 Å². The average molecular weight is 348 g/mol. The zero-order chi connectivity index (χ0) is 18.2. The summed E-state index contributed by atoms with van der Waals surface area (Å²) in [5, 5.41) is 11.2. The van der Waals surface area contributed by atoms with Crippen molar-refractivity contribution in [2.75, 3.05) is 18.6 Å². The summed E-state index contributed by atoms with van der Waals surface area (Å²) in [6, 6.07) is 8.34. The van der Waals surface area contributed by atoms with Crippen molar-refractivity contribution in [2.45, 2.75) is 38.6 Å². The average Bonchev–Trinajstić information content (AvgIpc) is 2.55. The molecular formula is C18H24N2O3S. The maximum Gasteiger partial charge on any atom is 0.329 e. The van der Waals surface area contributed by atoms with E-state index in [1.54, 1.807) is 30.0 Å². The van der Waals surface area contributed by atoms with Gasteiger partial charge < -0.3 is 10.1 Å². The Hall–Kier alpha value is -2.00. The van der Waals surface area contributed by atoms with Crippen LogP contribution in [0.3, 0.4) is 0 Å². The Morgan fingerprint density at radius 2 is 1.92 bits per heavy atom. The molecule has 6 heteroatoms. The number of esters is 1. The molecule has 0 aliphatic heterocycles. The van der Waals surface area contributed by atoms with E-state index in [9.17, 15) is 9.59 Å². The molecule has 0 aliphatic carbocycles. The van der Waals surface area contributed by atoms with Crippen LogP contribution in [0.1, 0.15) is 43.1 Å². The molecule has 130 valence electrons. The molecule has 1 rings (SSSR count). The molecule has 5 nitrogen and oxygen atoms in total. The summed E-state index contributed by atoms with van der Waals surface area (Å²) in [4.78, 5) is 24.3. The minimum atomic E-state index is -0.749. The van der Waals surface area contributed by atoms with Crippen molar-refractivity contribution in [3.05, 3.63) is 35.4 Å². The summed E-state index contributed by atoms with van der Waals surface area (Å²) in [6.07, 6.45) is 2.38. The van der Waals surface area contributed by atoms with Gasteiger partial charge in [-0.1, -0.05) is 32.9 Å². The number of ether oxygens (including phenoxy) is 1. The molecule has 0 aliphatic rings.